The van der Waals surface area contributed by atoms with Gasteiger partial charge in [-0.05, 0) is 19.2 Å². The summed E-state index contributed by atoms with van der Waals surface area (Å²) < 4.78 is 27.1. The second-order valence-electron chi connectivity index (χ2n) is 7.28. The Morgan fingerprint density at radius 2 is 1.96 bits per heavy atom. The molecule has 1 N–H and O–H groups in total. The van der Waals surface area contributed by atoms with E-state index in [1.807, 2.05) is 4.90 Å². The van der Waals surface area contributed by atoms with E-state index in [1.165, 1.54) is 12.1 Å². The molecule has 2 aliphatic heterocycles. The molecule has 4 rings (SSSR count). The fourth-order valence-corrected chi connectivity index (χ4v) is 3.64. The number of nitrogens with zero attached hydrogens (tertiary/aromatic N) is 4. The van der Waals surface area contributed by atoms with Crippen LogP contribution in [-0.2, 0) is 17.8 Å². The lowest BCUT2D eigenvalue weighted by atomic mass is 10.1. The Hall–Kier alpha value is -2.32. The molecule has 1 aromatic heterocycles. The number of aromatic amines is 1. The van der Waals surface area contributed by atoms with Crippen molar-refractivity contribution in [1.29, 1.82) is 0 Å². The van der Waals surface area contributed by atoms with Gasteiger partial charge in [-0.1, -0.05) is 0 Å². The highest BCUT2D eigenvalue weighted by Gasteiger charge is 2.26. The molecule has 144 valence electrons. The van der Waals surface area contributed by atoms with Crippen molar-refractivity contribution in [1.82, 2.24) is 24.7 Å². The number of aromatic nitrogens is 2. The number of imidazole rings is 1. The number of likely N-dealkylation sites (N-methyl/N-ethyl adjacent to an activating group) is 1. The van der Waals surface area contributed by atoms with E-state index in [9.17, 15) is 13.6 Å². The van der Waals surface area contributed by atoms with Crippen LogP contribution in [-0.4, -0.2) is 76.9 Å². The predicted octanol–water partition coefficient (Wildman–Crippen LogP) is 1.49. The van der Waals surface area contributed by atoms with Gasteiger partial charge in [-0.25, -0.2) is 13.8 Å². The minimum absolute atomic E-state index is 0.149. The van der Waals surface area contributed by atoms with Gasteiger partial charge in [-0.3, -0.25) is 9.69 Å². The fraction of sp³-hybridized carbons (Fsp3) is 0.474. The smallest absolute Gasteiger partial charge is 0.236 e. The highest BCUT2D eigenvalue weighted by molar-refractivity contribution is 5.78. The summed E-state index contributed by atoms with van der Waals surface area (Å²) in [6, 6.07) is 3.47. The molecule has 6 nitrogen and oxygen atoms in total. The lowest BCUT2D eigenvalue weighted by Crippen LogP contribution is -2.50. The van der Waals surface area contributed by atoms with Gasteiger partial charge in [0.15, 0.2) is 0 Å². The van der Waals surface area contributed by atoms with Crippen molar-refractivity contribution in [3.63, 3.8) is 0 Å². The number of hydrogen-bond acceptors (Lipinski definition) is 4. The number of amides is 1. The normalized spacial score (nSPS) is 18.6. The van der Waals surface area contributed by atoms with Crippen molar-refractivity contribution >= 4 is 5.91 Å². The molecule has 0 bridgehead atoms. The van der Waals surface area contributed by atoms with Crippen LogP contribution in [0.2, 0.25) is 0 Å². The van der Waals surface area contributed by atoms with E-state index in [0.29, 0.717) is 25.3 Å². The first-order valence-electron chi connectivity index (χ1n) is 9.21. The Labute approximate surface area is 156 Å². The van der Waals surface area contributed by atoms with E-state index >= 15 is 0 Å². The quantitative estimate of drug-likeness (QED) is 0.883. The zero-order chi connectivity index (χ0) is 19.0. The number of nitrogens with one attached hydrogen (secondary N) is 1. The van der Waals surface area contributed by atoms with Crippen LogP contribution in [0.15, 0.2) is 18.2 Å². The zero-order valence-electron chi connectivity index (χ0n) is 15.3. The number of fused-ring (bicyclic) bond motifs is 1. The molecule has 0 atom stereocenters. The summed E-state index contributed by atoms with van der Waals surface area (Å²) in [5.41, 5.74) is 2.04. The Morgan fingerprint density at radius 3 is 2.70 bits per heavy atom. The van der Waals surface area contributed by atoms with Crippen LogP contribution in [0, 0.1) is 11.6 Å². The van der Waals surface area contributed by atoms with Crippen LogP contribution >= 0.6 is 0 Å². The van der Waals surface area contributed by atoms with Gasteiger partial charge in [0.25, 0.3) is 0 Å². The minimum atomic E-state index is -0.636. The van der Waals surface area contributed by atoms with E-state index in [2.05, 4.69) is 26.8 Å². The summed E-state index contributed by atoms with van der Waals surface area (Å²) in [5, 5.41) is 0. The molecule has 1 saturated heterocycles. The fourth-order valence-electron chi connectivity index (χ4n) is 3.64. The molecule has 0 aliphatic carbocycles. The Bertz CT molecular complexity index is 845. The lowest BCUT2D eigenvalue weighted by Gasteiger charge is -2.34. The number of rotatable bonds is 3. The largest absolute Gasteiger partial charge is 0.340 e. The number of halogens is 2. The van der Waals surface area contributed by atoms with Crippen LogP contribution in [0.1, 0.15) is 11.4 Å². The summed E-state index contributed by atoms with van der Waals surface area (Å²) in [7, 11) is 2.06. The van der Waals surface area contributed by atoms with Crippen molar-refractivity contribution in [2.75, 3.05) is 46.3 Å². The van der Waals surface area contributed by atoms with Crippen LogP contribution in [0.3, 0.4) is 0 Å². The van der Waals surface area contributed by atoms with E-state index in [4.69, 9.17) is 0 Å². The summed E-state index contributed by atoms with van der Waals surface area (Å²) in [6.07, 6.45) is 0.699. The van der Waals surface area contributed by atoms with Crippen LogP contribution < -0.4 is 0 Å². The average Bonchev–Trinajstić information content (AvgIpc) is 3.05. The van der Waals surface area contributed by atoms with Gasteiger partial charge in [0.1, 0.15) is 17.5 Å². The molecule has 27 heavy (non-hydrogen) atoms. The molecule has 2 aromatic rings. The van der Waals surface area contributed by atoms with E-state index in [1.54, 1.807) is 0 Å². The summed E-state index contributed by atoms with van der Waals surface area (Å²) >= 11 is 0. The van der Waals surface area contributed by atoms with Gasteiger partial charge >= 0.3 is 0 Å². The molecule has 3 heterocycles. The lowest BCUT2D eigenvalue weighted by molar-refractivity contribution is -0.134. The third-order valence-corrected chi connectivity index (χ3v) is 5.31. The van der Waals surface area contributed by atoms with Crippen LogP contribution in [0.4, 0.5) is 8.78 Å². The number of piperazine rings is 1. The zero-order valence-corrected chi connectivity index (χ0v) is 15.3. The van der Waals surface area contributed by atoms with E-state index in [-0.39, 0.29) is 11.5 Å². The maximum Gasteiger partial charge on any atom is 0.236 e. The number of carbonyl (C=O) groups is 1. The number of H-pyrrole nitrogens is 1. The Balaban J connectivity index is 1.43. The summed E-state index contributed by atoms with van der Waals surface area (Å²) in [4.78, 5) is 26.4. The van der Waals surface area contributed by atoms with Gasteiger partial charge in [-0.2, -0.15) is 0 Å². The molecule has 1 aromatic carbocycles. The summed E-state index contributed by atoms with van der Waals surface area (Å²) in [6.45, 7) is 5.04. The highest BCUT2D eigenvalue weighted by atomic mass is 19.1. The third-order valence-electron chi connectivity index (χ3n) is 5.31. The molecule has 1 amide bonds. The first-order chi connectivity index (χ1) is 13.0. The average molecular weight is 375 g/mol. The first-order valence-corrected chi connectivity index (χ1v) is 9.21. The maximum atomic E-state index is 14.0. The second kappa shape index (κ2) is 7.36. The molecule has 0 spiro atoms. The van der Waals surface area contributed by atoms with Crippen molar-refractivity contribution in [2.45, 2.75) is 13.0 Å². The Morgan fingerprint density at radius 1 is 1.19 bits per heavy atom. The van der Waals surface area contributed by atoms with E-state index in [0.717, 1.165) is 50.2 Å². The highest BCUT2D eigenvalue weighted by Crippen LogP contribution is 2.25. The molecule has 0 radical (unpaired) electrons. The van der Waals surface area contributed by atoms with Crippen molar-refractivity contribution in [3.8, 4) is 11.4 Å². The van der Waals surface area contributed by atoms with Crippen molar-refractivity contribution in [2.24, 2.45) is 0 Å². The molecular weight excluding hydrogens is 352 g/mol. The van der Waals surface area contributed by atoms with Gasteiger partial charge in [0, 0.05) is 51.8 Å². The van der Waals surface area contributed by atoms with Crippen LogP contribution in [0.5, 0.6) is 0 Å². The molecule has 1 fully saturated rings. The number of carbonyl (C=O) groups excluding carboxylic acids is 1. The van der Waals surface area contributed by atoms with Crippen LogP contribution in [0.25, 0.3) is 11.4 Å². The standard InChI is InChI=1S/C19H23F2N5O/c1-24-6-8-26(9-7-24)18(27)12-25-5-4-16-17(11-25)23-19(22-16)14-3-2-13(20)10-15(14)21/h2-3,10H,4-9,11-12H2,1H3,(H,22,23). The second-order valence-corrected chi connectivity index (χ2v) is 7.28. The minimum Gasteiger partial charge on any atom is -0.340 e. The van der Waals surface area contributed by atoms with Gasteiger partial charge in [0.2, 0.25) is 5.91 Å². The third kappa shape index (κ3) is 3.86. The molecule has 2 aliphatic rings. The predicted molar refractivity (Wildman–Crippen MR) is 97.0 cm³/mol. The molecule has 8 heteroatoms. The van der Waals surface area contributed by atoms with Gasteiger partial charge < -0.3 is 14.8 Å². The Kier molecular flexibility index (Phi) is 4.92. The molecule has 0 unspecified atom stereocenters. The van der Waals surface area contributed by atoms with E-state index < -0.39 is 11.6 Å². The maximum absolute atomic E-state index is 14.0. The molecular formula is C19H23F2N5O. The van der Waals surface area contributed by atoms with Crippen molar-refractivity contribution in [3.05, 3.63) is 41.2 Å². The topological polar surface area (TPSA) is 55.5 Å². The van der Waals surface area contributed by atoms with Gasteiger partial charge in [0.05, 0.1) is 23.5 Å². The summed E-state index contributed by atoms with van der Waals surface area (Å²) in [5.74, 6) is -0.690. The SMILES string of the molecule is CN1CCN(C(=O)CN2CCc3nc(-c4ccc(F)cc4F)[nH]c3C2)CC1. The monoisotopic (exact) mass is 375 g/mol. The number of hydrogen-bond donors (Lipinski definition) is 1. The van der Waals surface area contributed by atoms with Gasteiger partial charge in [-0.15, -0.1) is 0 Å². The molecule has 0 saturated carbocycles. The first kappa shape index (κ1) is 18.1. The van der Waals surface area contributed by atoms with Crippen molar-refractivity contribution < 1.29 is 13.6 Å². The number of benzene rings is 1.